The molecule has 24 heavy (non-hydrogen) atoms. The highest BCUT2D eigenvalue weighted by atomic mass is 16.2. The van der Waals surface area contributed by atoms with Crippen LogP contribution in [-0.4, -0.2) is 23.9 Å². The highest BCUT2D eigenvalue weighted by Crippen LogP contribution is 2.10. The van der Waals surface area contributed by atoms with Crippen molar-refractivity contribution in [2.24, 2.45) is 0 Å². The van der Waals surface area contributed by atoms with Gasteiger partial charge in [-0.25, -0.2) is 0 Å². The Hall–Kier alpha value is -0.790. The maximum Gasteiger partial charge on any atom is 0.222 e. The molecule has 0 radical (unpaired) electrons. The Bertz CT molecular complexity index is 294. The Morgan fingerprint density at radius 1 is 0.667 bits per heavy atom. The lowest BCUT2D eigenvalue weighted by Gasteiger charge is -2.18. The van der Waals surface area contributed by atoms with Crippen LogP contribution in [0.4, 0.5) is 0 Å². The summed E-state index contributed by atoms with van der Waals surface area (Å²) in [4.78, 5) is 13.8. The lowest BCUT2D eigenvalue weighted by molar-refractivity contribution is -0.130. The lowest BCUT2D eigenvalue weighted by atomic mass is 10.1. The number of amides is 1. The van der Waals surface area contributed by atoms with E-state index in [0.29, 0.717) is 5.91 Å². The summed E-state index contributed by atoms with van der Waals surface area (Å²) in [6, 6.07) is 0. The summed E-state index contributed by atoms with van der Waals surface area (Å²) in [5.41, 5.74) is 0. The number of carbonyl (C=O) groups is 1. The lowest BCUT2D eigenvalue weighted by Crippen LogP contribution is -2.30. The summed E-state index contributed by atoms with van der Waals surface area (Å²) in [7, 11) is 0. The number of carbonyl (C=O) groups excluding carboxylic acids is 1. The molecule has 0 fully saturated rings. The van der Waals surface area contributed by atoms with E-state index in [2.05, 4.69) is 32.9 Å². The van der Waals surface area contributed by atoms with Gasteiger partial charge < -0.3 is 4.90 Å². The van der Waals surface area contributed by atoms with Gasteiger partial charge in [0.25, 0.3) is 0 Å². The van der Waals surface area contributed by atoms with Gasteiger partial charge in [-0.05, 0) is 46.0 Å². The van der Waals surface area contributed by atoms with Crippen molar-refractivity contribution in [3.8, 4) is 0 Å². The molecule has 0 aliphatic heterocycles. The van der Waals surface area contributed by atoms with Crippen LogP contribution >= 0.6 is 0 Å². The van der Waals surface area contributed by atoms with E-state index in [9.17, 15) is 4.79 Å². The molecule has 0 aliphatic rings. The fourth-order valence-corrected chi connectivity index (χ4v) is 3.08. The minimum atomic E-state index is 0.331. The second-order valence-electron chi connectivity index (χ2n) is 6.90. The fourth-order valence-electron chi connectivity index (χ4n) is 3.08. The van der Waals surface area contributed by atoms with Crippen LogP contribution in [0, 0.1) is 0 Å². The minimum Gasteiger partial charge on any atom is -0.343 e. The van der Waals surface area contributed by atoms with E-state index >= 15 is 0 Å². The zero-order chi connectivity index (χ0) is 17.9. The van der Waals surface area contributed by atoms with Crippen LogP contribution < -0.4 is 0 Å². The van der Waals surface area contributed by atoms with Crippen molar-refractivity contribution in [3.05, 3.63) is 12.2 Å². The van der Waals surface area contributed by atoms with E-state index in [1.807, 2.05) is 4.90 Å². The molecule has 0 atom stereocenters. The van der Waals surface area contributed by atoms with Gasteiger partial charge in [-0.1, -0.05) is 70.4 Å². The van der Waals surface area contributed by atoms with E-state index in [1.165, 1.54) is 77.0 Å². The number of unbranched alkanes of at least 4 members (excludes halogenated alkanes) is 11. The molecule has 0 bridgehead atoms. The van der Waals surface area contributed by atoms with Crippen molar-refractivity contribution in [1.82, 2.24) is 4.90 Å². The monoisotopic (exact) mass is 337 g/mol. The molecule has 2 heteroatoms. The average molecular weight is 338 g/mol. The van der Waals surface area contributed by atoms with Crippen LogP contribution in [0.5, 0.6) is 0 Å². The Kier molecular flexibility index (Phi) is 17.9. The second-order valence-corrected chi connectivity index (χ2v) is 6.90. The summed E-state index contributed by atoms with van der Waals surface area (Å²) < 4.78 is 0. The SMILES string of the molecule is CCCCCCCC/C=C/CCCCCCCC(=O)N(CC)CC. The normalized spacial score (nSPS) is 11.3. The van der Waals surface area contributed by atoms with Crippen molar-refractivity contribution in [2.75, 3.05) is 13.1 Å². The first kappa shape index (κ1) is 23.2. The maximum absolute atomic E-state index is 11.9. The Morgan fingerprint density at radius 3 is 1.62 bits per heavy atom. The molecule has 0 rings (SSSR count). The van der Waals surface area contributed by atoms with E-state index < -0.39 is 0 Å². The predicted molar refractivity (Wildman–Crippen MR) is 107 cm³/mol. The molecular weight excluding hydrogens is 294 g/mol. The van der Waals surface area contributed by atoms with Gasteiger partial charge in [-0.3, -0.25) is 4.79 Å². The first-order chi connectivity index (χ1) is 11.8. The van der Waals surface area contributed by atoms with E-state index in [-0.39, 0.29) is 0 Å². The minimum absolute atomic E-state index is 0.331. The van der Waals surface area contributed by atoms with Gasteiger partial charge in [0.1, 0.15) is 0 Å². The number of allylic oxidation sites excluding steroid dienone is 2. The second kappa shape index (κ2) is 18.5. The molecule has 2 nitrogen and oxygen atoms in total. The smallest absolute Gasteiger partial charge is 0.222 e. The standard InChI is InChI=1S/C22H43NO/c1-4-7-8-9-10-11-12-13-14-15-16-17-18-19-20-21-22(24)23(5-2)6-3/h13-14H,4-12,15-21H2,1-3H3/b14-13+. The molecule has 0 heterocycles. The summed E-state index contributed by atoms with van der Waals surface area (Å²) in [5.74, 6) is 0.331. The molecule has 0 aromatic heterocycles. The molecule has 0 saturated carbocycles. The van der Waals surface area contributed by atoms with Gasteiger partial charge in [0.05, 0.1) is 0 Å². The van der Waals surface area contributed by atoms with E-state index in [1.54, 1.807) is 0 Å². The molecule has 1 amide bonds. The topological polar surface area (TPSA) is 20.3 Å². The summed E-state index contributed by atoms with van der Waals surface area (Å²) >= 11 is 0. The molecular formula is C22H43NO. The van der Waals surface area contributed by atoms with Gasteiger partial charge in [0.2, 0.25) is 5.91 Å². The zero-order valence-corrected chi connectivity index (χ0v) is 16.8. The molecule has 0 spiro atoms. The van der Waals surface area contributed by atoms with Gasteiger partial charge in [0.15, 0.2) is 0 Å². The van der Waals surface area contributed by atoms with Crippen LogP contribution in [0.25, 0.3) is 0 Å². The average Bonchev–Trinajstić information content (AvgIpc) is 2.59. The third-order valence-electron chi connectivity index (χ3n) is 4.77. The molecule has 0 N–H and O–H groups in total. The summed E-state index contributed by atoms with van der Waals surface area (Å²) in [6.45, 7) is 8.08. The number of nitrogens with zero attached hydrogens (tertiary/aromatic N) is 1. The van der Waals surface area contributed by atoms with E-state index in [0.717, 1.165) is 25.9 Å². The summed E-state index contributed by atoms with van der Waals surface area (Å²) in [6.07, 6.45) is 22.5. The van der Waals surface area contributed by atoms with Gasteiger partial charge in [0, 0.05) is 19.5 Å². The molecule has 0 aromatic rings. The van der Waals surface area contributed by atoms with Crippen LogP contribution in [0.3, 0.4) is 0 Å². The zero-order valence-electron chi connectivity index (χ0n) is 16.8. The van der Waals surface area contributed by atoms with Crippen LogP contribution in [0.15, 0.2) is 12.2 Å². The number of hydrogen-bond acceptors (Lipinski definition) is 1. The first-order valence-corrected chi connectivity index (χ1v) is 10.7. The van der Waals surface area contributed by atoms with Gasteiger partial charge in [-0.15, -0.1) is 0 Å². The van der Waals surface area contributed by atoms with Crippen molar-refractivity contribution in [2.45, 2.75) is 111 Å². The first-order valence-electron chi connectivity index (χ1n) is 10.7. The van der Waals surface area contributed by atoms with Crippen LogP contribution in [-0.2, 0) is 4.79 Å². The van der Waals surface area contributed by atoms with Crippen LogP contribution in [0.2, 0.25) is 0 Å². The Balaban J connectivity index is 3.27. The largest absolute Gasteiger partial charge is 0.343 e. The molecule has 142 valence electrons. The predicted octanol–water partition coefficient (Wildman–Crippen LogP) is 6.89. The maximum atomic E-state index is 11.9. The number of rotatable bonds is 17. The highest BCUT2D eigenvalue weighted by Gasteiger charge is 2.07. The van der Waals surface area contributed by atoms with Crippen molar-refractivity contribution < 1.29 is 4.79 Å². The quantitative estimate of drug-likeness (QED) is 0.209. The molecule has 0 saturated heterocycles. The third-order valence-corrected chi connectivity index (χ3v) is 4.77. The van der Waals surface area contributed by atoms with E-state index in [4.69, 9.17) is 0 Å². The highest BCUT2D eigenvalue weighted by molar-refractivity contribution is 5.75. The Labute approximate surface area is 152 Å². The summed E-state index contributed by atoms with van der Waals surface area (Å²) in [5, 5.41) is 0. The molecule has 0 aromatic carbocycles. The molecule has 0 aliphatic carbocycles. The van der Waals surface area contributed by atoms with Crippen molar-refractivity contribution >= 4 is 5.91 Å². The number of hydrogen-bond donors (Lipinski definition) is 0. The van der Waals surface area contributed by atoms with Gasteiger partial charge >= 0.3 is 0 Å². The Morgan fingerprint density at radius 2 is 1.12 bits per heavy atom. The fraction of sp³-hybridized carbons (Fsp3) is 0.864. The van der Waals surface area contributed by atoms with Crippen molar-refractivity contribution in [3.63, 3.8) is 0 Å². The van der Waals surface area contributed by atoms with Crippen molar-refractivity contribution in [1.29, 1.82) is 0 Å². The molecule has 0 unspecified atom stereocenters. The van der Waals surface area contributed by atoms with Crippen LogP contribution in [0.1, 0.15) is 111 Å². The van der Waals surface area contributed by atoms with Gasteiger partial charge in [-0.2, -0.15) is 0 Å². The third kappa shape index (κ3) is 14.8.